The fraction of sp³-hybridized carbons (Fsp3) is 0.241. The van der Waals surface area contributed by atoms with E-state index in [1.54, 1.807) is 24.3 Å². The summed E-state index contributed by atoms with van der Waals surface area (Å²) in [6.07, 6.45) is 0. The van der Waals surface area contributed by atoms with E-state index in [0.29, 0.717) is 27.8 Å². The lowest BCUT2D eigenvalue weighted by Crippen LogP contribution is -2.57. The van der Waals surface area contributed by atoms with E-state index in [-0.39, 0.29) is 5.78 Å². The van der Waals surface area contributed by atoms with Crippen molar-refractivity contribution in [3.63, 3.8) is 0 Å². The number of carbonyl (C=O) groups excluding carboxylic acids is 4. The second-order valence-corrected chi connectivity index (χ2v) is 10.9. The van der Waals surface area contributed by atoms with Gasteiger partial charge in [-0.15, -0.1) is 23.2 Å². The summed E-state index contributed by atoms with van der Waals surface area (Å²) >= 11 is 14.7. The van der Waals surface area contributed by atoms with Gasteiger partial charge in [-0.2, -0.15) is 0 Å². The van der Waals surface area contributed by atoms with Crippen LogP contribution in [0.1, 0.15) is 38.2 Å². The van der Waals surface area contributed by atoms with Crippen molar-refractivity contribution >= 4 is 46.8 Å². The second-order valence-electron chi connectivity index (χ2n) is 9.68. The summed E-state index contributed by atoms with van der Waals surface area (Å²) in [5.41, 5.74) is 4.12. The molecule has 6 nitrogen and oxygen atoms in total. The molecule has 0 aromatic heterocycles. The summed E-state index contributed by atoms with van der Waals surface area (Å²) in [7, 11) is 0. The number of ketones is 1. The number of aryl methyl sites for hydroxylation is 1. The van der Waals surface area contributed by atoms with Gasteiger partial charge in [0, 0.05) is 5.56 Å². The lowest BCUT2D eigenvalue weighted by atomic mass is 9.54. The number of halogens is 2. The summed E-state index contributed by atoms with van der Waals surface area (Å²) in [5, 5.41) is 0. The van der Waals surface area contributed by atoms with Crippen molar-refractivity contribution in [1.82, 2.24) is 4.90 Å². The van der Waals surface area contributed by atoms with Crippen LogP contribution in [0.3, 0.4) is 0 Å². The average molecular weight is 534 g/mol. The molecule has 2 atom stereocenters. The second kappa shape index (κ2) is 8.27. The van der Waals surface area contributed by atoms with Crippen molar-refractivity contribution < 1.29 is 23.9 Å². The standard InChI is InChI=1S/C29H21Cl2NO5/c1-16-10-12-17(13-11-16)22(33)15-37-23(34)14-32-26(35)24-25(27(32)36)29(31)19-7-3-2-6-18(19)28(24,30)20-8-4-5-9-21(20)29/h2-13,24-25H,14-15H2,1H3/t24-,25-,28?,29?/m0/s1. The quantitative estimate of drug-likeness (QED) is 0.211. The van der Waals surface area contributed by atoms with Gasteiger partial charge in [-0.3, -0.25) is 24.1 Å². The zero-order valence-corrected chi connectivity index (χ0v) is 21.3. The Morgan fingerprint density at radius 3 is 1.65 bits per heavy atom. The van der Waals surface area contributed by atoms with Crippen LogP contribution in [0.2, 0.25) is 0 Å². The van der Waals surface area contributed by atoms with E-state index >= 15 is 0 Å². The highest BCUT2D eigenvalue weighted by Crippen LogP contribution is 2.69. The number of hydrogen-bond acceptors (Lipinski definition) is 5. The van der Waals surface area contributed by atoms with Crippen LogP contribution in [-0.2, 0) is 28.9 Å². The van der Waals surface area contributed by atoms with Gasteiger partial charge in [-0.25, -0.2) is 0 Å². The number of alkyl halides is 2. The molecular formula is C29H21Cl2NO5. The fourth-order valence-electron chi connectivity index (χ4n) is 6.02. The molecule has 3 aliphatic carbocycles. The molecule has 0 unspecified atom stereocenters. The predicted molar refractivity (Wildman–Crippen MR) is 136 cm³/mol. The smallest absolute Gasteiger partial charge is 0.326 e. The summed E-state index contributed by atoms with van der Waals surface area (Å²) in [5.74, 6) is -4.40. The third-order valence-corrected chi connectivity index (χ3v) is 8.99. The topological polar surface area (TPSA) is 80.8 Å². The lowest BCUT2D eigenvalue weighted by Gasteiger charge is -2.54. The van der Waals surface area contributed by atoms with Crippen molar-refractivity contribution in [2.45, 2.75) is 16.7 Å². The van der Waals surface area contributed by atoms with Gasteiger partial charge in [0.05, 0.1) is 11.8 Å². The fourth-order valence-corrected chi connectivity index (χ4v) is 7.12. The monoisotopic (exact) mass is 533 g/mol. The number of imide groups is 1. The number of rotatable bonds is 5. The number of esters is 1. The van der Waals surface area contributed by atoms with E-state index in [2.05, 4.69) is 0 Å². The van der Waals surface area contributed by atoms with Crippen molar-refractivity contribution in [3.05, 3.63) is 106 Å². The predicted octanol–water partition coefficient (Wildman–Crippen LogP) is 4.31. The van der Waals surface area contributed by atoms with Crippen LogP contribution < -0.4 is 0 Å². The molecule has 37 heavy (non-hydrogen) atoms. The van der Waals surface area contributed by atoms with E-state index < -0.39 is 52.5 Å². The Morgan fingerprint density at radius 1 is 0.784 bits per heavy atom. The van der Waals surface area contributed by atoms with Gasteiger partial charge in [-0.1, -0.05) is 78.4 Å². The molecule has 3 aromatic carbocycles. The maximum absolute atomic E-state index is 13.7. The molecule has 0 N–H and O–H groups in total. The number of Topliss-reactive ketones (excluding diaryl/α,β-unsaturated/α-hetero) is 1. The molecule has 8 heteroatoms. The molecule has 1 saturated heterocycles. The highest BCUT2D eigenvalue weighted by molar-refractivity contribution is 6.36. The van der Waals surface area contributed by atoms with Crippen LogP contribution in [0.25, 0.3) is 0 Å². The molecule has 0 saturated carbocycles. The molecule has 4 aliphatic rings. The molecule has 0 spiro atoms. The van der Waals surface area contributed by atoms with Gasteiger partial charge in [0.2, 0.25) is 11.8 Å². The zero-order valence-electron chi connectivity index (χ0n) is 19.7. The molecule has 2 amide bonds. The van der Waals surface area contributed by atoms with Crippen LogP contribution >= 0.6 is 23.2 Å². The first-order valence-corrected chi connectivity index (χ1v) is 12.6. The van der Waals surface area contributed by atoms with E-state index in [1.165, 1.54) is 0 Å². The first kappa shape index (κ1) is 23.9. The van der Waals surface area contributed by atoms with Gasteiger partial charge >= 0.3 is 5.97 Å². The van der Waals surface area contributed by atoms with Crippen LogP contribution in [0, 0.1) is 18.8 Å². The molecule has 3 aromatic rings. The number of hydrogen-bond donors (Lipinski definition) is 0. The minimum absolute atomic E-state index is 0.385. The number of likely N-dealkylation sites (tertiary alicyclic amines) is 1. The Labute approximate surface area is 223 Å². The van der Waals surface area contributed by atoms with Gasteiger partial charge in [0.1, 0.15) is 16.3 Å². The Balaban J connectivity index is 1.30. The van der Waals surface area contributed by atoms with E-state index in [4.69, 9.17) is 27.9 Å². The van der Waals surface area contributed by atoms with Crippen molar-refractivity contribution in [3.8, 4) is 0 Å². The van der Waals surface area contributed by atoms with Crippen LogP contribution in [0.15, 0.2) is 72.8 Å². The number of nitrogens with zero attached hydrogens (tertiary/aromatic N) is 1. The van der Waals surface area contributed by atoms with Crippen molar-refractivity contribution in [1.29, 1.82) is 0 Å². The number of benzene rings is 3. The van der Waals surface area contributed by atoms with Gasteiger partial charge in [0.25, 0.3) is 0 Å². The first-order valence-electron chi connectivity index (χ1n) is 11.9. The van der Waals surface area contributed by atoms with E-state index in [1.807, 2.05) is 55.5 Å². The van der Waals surface area contributed by atoms with Crippen molar-refractivity contribution in [2.24, 2.45) is 11.8 Å². The Kier molecular flexibility index (Phi) is 5.34. The lowest BCUT2D eigenvalue weighted by molar-refractivity contribution is -0.152. The minimum Gasteiger partial charge on any atom is -0.456 e. The van der Waals surface area contributed by atoms with Crippen LogP contribution in [-0.4, -0.2) is 41.6 Å². The maximum atomic E-state index is 13.7. The van der Waals surface area contributed by atoms with Crippen LogP contribution in [0.4, 0.5) is 0 Å². The molecule has 1 fully saturated rings. The maximum Gasteiger partial charge on any atom is 0.326 e. The van der Waals surface area contributed by atoms with Crippen molar-refractivity contribution in [2.75, 3.05) is 13.2 Å². The Hall–Kier alpha value is -3.48. The van der Waals surface area contributed by atoms with E-state index in [9.17, 15) is 19.2 Å². The summed E-state index contributed by atoms with van der Waals surface area (Å²) < 4.78 is 5.14. The third kappa shape index (κ3) is 3.19. The molecule has 7 rings (SSSR count). The molecule has 0 radical (unpaired) electrons. The number of amides is 2. The summed E-state index contributed by atoms with van der Waals surface area (Å²) in [4.78, 5) is 50.8. The molecular weight excluding hydrogens is 513 g/mol. The first-order chi connectivity index (χ1) is 17.7. The SMILES string of the molecule is Cc1ccc(C(=O)COC(=O)CN2C(=O)[C@@H]3[C@@H](C2=O)C2(Cl)c4ccccc4C3(Cl)c3ccccc32)cc1. The van der Waals surface area contributed by atoms with Gasteiger partial charge < -0.3 is 4.74 Å². The minimum atomic E-state index is -1.32. The third-order valence-electron chi connectivity index (χ3n) is 7.70. The van der Waals surface area contributed by atoms with Gasteiger partial charge in [0.15, 0.2) is 12.4 Å². The molecule has 186 valence electrons. The van der Waals surface area contributed by atoms with Crippen LogP contribution in [0.5, 0.6) is 0 Å². The Bertz CT molecular complexity index is 1380. The van der Waals surface area contributed by atoms with Gasteiger partial charge in [-0.05, 0) is 29.2 Å². The largest absolute Gasteiger partial charge is 0.456 e. The number of ether oxygens (including phenoxy) is 1. The Morgan fingerprint density at radius 2 is 1.22 bits per heavy atom. The molecule has 2 bridgehead atoms. The zero-order chi connectivity index (χ0) is 26.1. The molecule has 1 aliphatic heterocycles. The molecule has 1 heterocycles. The normalized spacial score (nSPS) is 26.9. The van der Waals surface area contributed by atoms with E-state index in [0.717, 1.165) is 10.5 Å². The highest BCUT2D eigenvalue weighted by atomic mass is 35.5. The highest BCUT2D eigenvalue weighted by Gasteiger charge is 2.73. The number of carbonyl (C=O) groups is 4. The average Bonchev–Trinajstić information content (AvgIpc) is 3.16. The summed E-state index contributed by atoms with van der Waals surface area (Å²) in [6.45, 7) is 0.772. The summed E-state index contributed by atoms with van der Waals surface area (Å²) in [6, 6.07) is 21.5.